The van der Waals surface area contributed by atoms with E-state index in [4.69, 9.17) is 4.74 Å². The molecule has 0 bridgehead atoms. The van der Waals surface area contributed by atoms with E-state index in [0.29, 0.717) is 5.56 Å². The number of benzene rings is 1. The molecule has 9 heteroatoms. The van der Waals surface area contributed by atoms with E-state index >= 15 is 0 Å². The lowest BCUT2D eigenvalue weighted by Gasteiger charge is -2.35. The third-order valence-electron chi connectivity index (χ3n) is 5.19. The Hall–Kier alpha value is -2.42. The van der Waals surface area contributed by atoms with E-state index < -0.39 is 29.7 Å². The predicted octanol–water partition coefficient (Wildman–Crippen LogP) is 3.55. The van der Waals surface area contributed by atoms with Crippen molar-refractivity contribution in [3.63, 3.8) is 0 Å². The number of phenolic OH excluding ortho intramolecular Hbond substituents is 1. The second-order valence-corrected chi connectivity index (χ2v) is 9.92. The molecule has 1 aliphatic carbocycles. The average Bonchev–Trinajstić information content (AvgIpc) is 3.53. The number of rotatable bonds is 10. The van der Waals surface area contributed by atoms with Crippen molar-refractivity contribution in [3.05, 3.63) is 29.8 Å². The van der Waals surface area contributed by atoms with Gasteiger partial charge in [-0.25, -0.2) is 4.79 Å². The SMILES string of the molecule is CCCC(C)NC(=O)C(c1cccc(O)c1)N(C(=O)C(CS)NC(=O)OC(C)(C)C)C1CC1. The highest BCUT2D eigenvalue weighted by molar-refractivity contribution is 7.80. The largest absolute Gasteiger partial charge is 0.508 e. The molecular weight excluding hydrogens is 442 g/mol. The summed E-state index contributed by atoms with van der Waals surface area (Å²) in [6.45, 7) is 9.17. The number of amides is 3. The molecule has 33 heavy (non-hydrogen) atoms. The first-order valence-electron chi connectivity index (χ1n) is 11.5. The molecule has 0 aliphatic heterocycles. The maximum absolute atomic E-state index is 13.6. The zero-order valence-electron chi connectivity index (χ0n) is 20.1. The maximum Gasteiger partial charge on any atom is 0.408 e. The molecule has 1 aromatic rings. The number of ether oxygens (including phenoxy) is 1. The Kier molecular flexibility index (Phi) is 9.46. The van der Waals surface area contributed by atoms with Gasteiger partial charge in [0.2, 0.25) is 11.8 Å². The third-order valence-corrected chi connectivity index (χ3v) is 5.55. The minimum absolute atomic E-state index is 0.00716. The summed E-state index contributed by atoms with van der Waals surface area (Å²) in [5.41, 5.74) is -0.212. The number of carbonyl (C=O) groups excluding carboxylic acids is 3. The monoisotopic (exact) mass is 479 g/mol. The normalized spacial score (nSPS) is 16.3. The van der Waals surface area contributed by atoms with Gasteiger partial charge in [0, 0.05) is 17.8 Å². The number of alkyl carbamates (subject to hydrolysis) is 1. The zero-order chi connectivity index (χ0) is 24.8. The fourth-order valence-electron chi connectivity index (χ4n) is 3.65. The van der Waals surface area contributed by atoms with Gasteiger partial charge < -0.3 is 25.4 Å². The molecule has 1 aliphatic rings. The van der Waals surface area contributed by atoms with E-state index in [1.54, 1.807) is 32.9 Å². The summed E-state index contributed by atoms with van der Waals surface area (Å²) in [7, 11) is 0. The smallest absolute Gasteiger partial charge is 0.408 e. The summed E-state index contributed by atoms with van der Waals surface area (Å²) in [5.74, 6) is -0.684. The lowest BCUT2D eigenvalue weighted by molar-refractivity contribution is -0.143. The van der Waals surface area contributed by atoms with Gasteiger partial charge in [-0.05, 0) is 64.7 Å². The van der Waals surface area contributed by atoms with Gasteiger partial charge in [0.05, 0.1) is 0 Å². The summed E-state index contributed by atoms with van der Waals surface area (Å²) in [6.07, 6.45) is 2.50. The molecule has 8 nitrogen and oxygen atoms in total. The number of hydrogen-bond donors (Lipinski definition) is 4. The van der Waals surface area contributed by atoms with Gasteiger partial charge in [-0.15, -0.1) is 0 Å². The highest BCUT2D eigenvalue weighted by Crippen LogP contribution is 2.36. The highest BCUT2D eigenvalue weighted by atomic mass is 32.1. The predicted molar refractivity (Wildman–Crippen MR) is 130 cm³/mol. The van der Waals surface area contributed by atoms with Crippen LogP contribution in [0.4, 0.5) is 4.79 Å². The number of hydrogen-bond acceptors (Lipinski definition) is 6. The van der Waals surface area contributed by atoms with Crippen LogP contribution < -0.4 is 10.6 Å². The van der Waals surface area contributed by atoms with Crippen molar-refractivity contribution in [3.8, 4) is 5.75 Å². The Morgan fingerprint density at radius 1 is 1.24 bits per heavy atom. The van der Waals surface area contributed by atoms with E-state index in [1.165, 1.54) is 17.0 Å². The van der Waals surface area contributed by atoms with Crippen LogP contribution in [0.1, 0.15) is 71.9 Å². The summed E-state index contributed by atoms with van der Waals surface area (Å²) < 4.78 is 5.30. The molecule has 184 valence electrons. The van der Waals surface area contributed by atoms with Crippen LogP contribution >= 0.6 is 12.6 Å². The van der Waals surface area contributed by atoms with Crippen LogP contribution in [-0.4, -0.2) is 57.4 Å². The van der Waals surface area contributed by atoms with Crippen LogP contribution in [0.3, 0.4) is 0 Å². The zero-order valence-corrected chi connectivity index (χ0v) is 21.0. The van der Waals surface area contributed by atoms with Gasteiger partial charge in [-0.2, -0.15) is 12.6 Å². The Morgan fingerprint density at radius 3 is 2.42 bits per heavy atom. The summed E-state index contributed by atoms with van der Waals surface area (Å²) in [6, 6.07) is 4.25. The quantitative estimate of drug-likeness (QED) is 0.384. The molecule has 3 N–H and O–H groups in total. The molecule has 2 rings (SSSR count). The van der Waals surface area contributed by atoms with Gasteiger partial charge in [-0.1, -0.05) is 25.5 Å². The second kappa shape index (κ2) is 11.6. The third kappa shape index (κ3) is 8.14. The van der Waals surface area contributed by atoms with Crippen molar-refractivity contribution >= 4 is 30.5 Å². The van der Waals surface area contributed by atoms with Crippen LogP contribution in [0.15, 0.2) is 24.3 Å². The topological polar surface area (TPSA) is 108 Å². The first-order chi connectivity index (χ1) is 15.5. The molecule has 0 spiro atoms. The molecule has 3 unspecified atom stereocenters. The number of nitrogens with zero attached hydrogens (tertiary/aromatic N) is 1. The number of aromatic hydroxyl groups is 1. The molecule has 3 amide bonds. The second-order valence-electron chi connectivity index (χ2n) is 9.55. The molecule has 0 heterocycles. The van der Waals surface area contributed by atoms with Crippen molar-refractivity contribution in [2.24, 2.45) is 0 Å². The molecule has 0 radical (unpaired) electrons. The fourth-order valence-corrected chi connectivity index (χ4v) is 3.89. The maximum atomic E-state index is 13.6. The molecule has 0 saturated heterocycles. The summed E-state index contributed by atoms with van der Waals surface area (Å²) in [5, 5.41) is 15.6. The Labute approximate surface area is 201 Å². The van der Waals surface area contributed by atoms with Crippen molar-refractivity contribution < 1.29 is 24.2 Å². The van der Waals surface area contributed by atoms with Crippen LogP contribution in [0.2, 0.25) is 0 Å². The van der Waals surface area contributed by atoms with Crippen molar-refractivity contribution in [2.75, 3.05) is 5.75 Å². The lowest BCUT2D eigenvalue weighted by Crippen LogP contribution is -2.55. The molecule has 1 saturated carbocycles. The van der Waals surface area contributed by atoms with E-state index in [0.717, 1.165) is 25.7 Å². The van der Waals surface area contributed by atoms with Crippen LogP contribution in [0.25, 0.3) is 0 Å². The van der Waals surface area contributed by atoms with Gasteiger partial charge in [0.15, 0.2) is 0 Å². The minimum Gasteiger partial charge on any atom is -0.508 e. The highest BCUT2D eigenvalue weighted by Gasteiger charge is 2.44. The van der Waals surface area contributed by atoms with Crippen LogP contribution in [0.5, 0.6) is 5.75 Å². The standard InChI is InChI=1S/C24H37N3O5S/c1-6-8-15(2)25-21(29)20(16-9-7-10-18(28)13-16)27(17-11-12-17)22(30)19(14-33)26-23(31)32-24(3,4)5/h7,9-10,13,15,17,19-20,28,33H,6,8,11-12,14H2,1-5H3,(H,25,29)(H,26,31). The van der Waals surface area contributed by atoms with E-state index in [1.807, 2.05) is 13.8 Å². The number of nitrogens with one attached hydrogen (secondary N) is 2. The Bertz CT molecular complexity index is 838. The van der Waals surface area contributed by atoms with Crippen molar-refractivity contribution in [1.82, 2.24) is 15.5 Å². The molecule has 0 aromatic heterocycles. The molecular formula is C24H37N3O5S. The Balaban J connectivity index is 2.36. The number of phenols is 1. The van der Waals surface area contributed by atoms with Gasteiger partial charge >= 0.3 is 6.09 Å². The average molecular weight is 480 g/mol. The van der Waals surface area contributed by atoms with Crippen molar-refractivity contribution in [2.45, 2.75) is 90.1 Å². The van der Waals surface area contributed by atoms with Gasteiger partial charge in [0.25, 0.3) is 0 Å². The van der Waals surface area contributed by atoms with E-state index in [2.05, 4.69) is 23.3 Å². The summed E-state index contributed by atoms with van der Waals surface area (Å²) >= 11 is 4.27. The first kappa shape index (κ1) is 26.8. The summed E-state index contributed by atoms with van der Waals surface area (Å²) in [4.78, 5) is 40.9. The fraction of sp³-hybridized carbons (Fsp3) is 0.625. The lowest BCUT2D eigenvalue weighted by atomic mass is 10.0. The van der Waals surface area contributed by atoms with Gasteiger partial charge in [0.1, 0.15) is 23.4 Å². The number of carbonyl (C=O) groups is 3. The van der Waals surface area contributed by atoms with Crippen LogP contribution in [-0.2, 0) is 14.3 Å². The molecule has 1 aromatic carbocycles. The Morgan fingerprint density at radius 2 is 1.91 bits per heavy atom. The van der Waals surface area contributed by atoms with E-state index in [9.17, 15) is 19.5 Å². The van der Waals surface area contributed by atoms with Gasteiger partial charge in [-0.3, -0.25) is 9.59 Å². The molecule has 1 fully saturated rings. The first-order valence-corrected chi connectivity index (χ1v) is 12.1. The molecule has 3 atom stereocenters. The van der Waals surface area contributed by atoms with Crippen LogP contribution in [0, 0.1) is 0 Å². The number of thiol groups is 1. The van der Waals surface area contributed by atoms with Crippen molar-refractivity contribution in [1.29, 1.82) is 0 Å². The van der Waals surface area contributed by atoms with E-state index in [-0.39, 0.29) is 29.5 Å². The minimum atomic E-state index is -0.968.